The summed E-state index contributed by atoms with van der Waals surface area (Å²) in [5.41, 5.74) is 2.35. The second-order valence-corrected chi connectivity index (χ2v) is 8.71. The second-order valence-electron chi connectivity index (χ2n) is 8.71. The van der Waals surface area contributed by atoms with Crippen LogP contribution in [0.15, 0.2) is 30.5 Å². The summed E-state index contributed by atoms with van der Waals surface area (Å²) in [6.07, 6.45) is 15.7. The number of amides is 1. The van der Waals surface area contributed by atoms with Crippen LogP contribution in [0.2, 0.25) is 0 Å². The Kier molecular flexibility index (Phi) is 9.07. The number of carbonyl (C=O) groups is 1. The second kappa shape index (κ2) is 12.0. The molecule has 3 N–H and O–H groups in total. The van der Waals surface area contributed by atoms with E-state index in [0.717, 1.165) is 50.2 Å². The Morgan fingerprint density at radius 3 is 2.69 bits per heavy atom. The smallest absolute Gasteiger partial charge is 0.237 e. The van der Waals surface area contributed by atoms with Gasteiger partial charge in [-0.25, -0.2) is 0 Å². The maximum Gasteiger partial charge on any atom is 0.237 e. The minimum absolute atomic E-state index is 0.146. The van der Waals surface area contributed by atoms with E-state index in [9.17, 15) is 4.79 Å². The van der Waals surface area contributed by atoms with Gasteiger partial charge in [-0.3, -0.25) is 4.79 Å². The monoisotopic (exact) mass is 397 g/mol. The van der Waals surface area contributed by atoms with Crippen molar-refractivity contribution in [3.63, 3.8) is 0 Å². The van der Waals surface area contributed by atoms with E-state index in [1.54, 1.807) is 0 Å². The van der Waals surface area contributed by atoms with E-state index in [1.165, 1.54) is 55.9 Å². The predicted octanol–water partition coefficient (Wildman–Crippen LogP) is 5.34. The molecule has 2 aromatic rings. The Morgan fingerprint density at radius 2 is 1.90 bits per heavy atom. The number of para-hydroxylation sites is 1. The lowest BCUT2D eigenvalue weighted by Crippen LogP contribution is -2.46. The molecule has 0 bridgehead atoms. The minimum Gasteiger partial charge on any atom is -0.361 e. The van der Waals surface area contributed by atoms with E-state index in [-0.39, 0.29) is 11.9 Å². The van der Waals surface area contributed by atoms with Gasteiger partial charge in [-0.2, -0.15) is 0 Å². The van der Waals surface area contributed by atoms with Gasteiger partial charge in [-0.05, 0) is 49.8 Å². The maximum absolute atomic E-state index is 12.9. The molecule has 0 radical (unpaired) electrons. The number of hydrogen-bond donors (Lipinski definition) is 3. The molecule has 0 unspecified atom stereocenters. The van der Waals surface area contributed by atoms with Crippen molar-refractivity contribution in [2.24, 2.45) is 5.92 Å². The average Bonchev–Trinajstić information content (AvgIpc) is 2.96. The van der Waals surface area contributed by atoms with Gasteiger partial charge < -0.3 is 15.6 Å². The molecule has 0 saturated heterocycles. The Morgan fingerprint density at radius 1 is 1.10 bits per heavy atom. The summed E-state index contributed by atoms with van der Waals surface area (Å²) < 4.78 is 0. The van der Waals surface area contributed by atoms with Gasteiger partial charge >= 0.3 is 0 Å². The molecule has 1 saturated carbocycles. The molecule has 1 aliphatic carbocycles. The number of fused-ring (bicyclic) bond motifs is 1. The quantitative estimate of drug-likeness (QED) is 0.354. The van der Waals surface area contributed by atoms with Crippen molar-refractivity contribution in [1.29, 1.82) is 0 Å². The summed E-state index contributed by atoms with van der Waals surface area (Å²) in [6.45, 7) is 3.87. The third kappa shape index (κ3) is 6.88. The Labute approximate surface area is 176 Å². The van der Waals surface area contributed by atoms with Gasteiger partial charge in [0.25, 0.3) is 0 Å². The molecule has 0 spiro atoms. The Hall–Kier alpha value is -1.81. The van der Waals surface area contributed by atoms with Gasteiger partial charge in [0.15, 0.2) is 0 Å². The molecule has 4 heteroatoms. The molecule has 1 aliphatic rings. The normalized spacial score (nSPS) is 16.6. The fraction of sp³-hybridized carbons (Fsp3) is 0.640. The van der Waals surface area contributed by atoms with Crippen LogP contribution in [0, 0.1) is 5.92 Å². The number of benzene rings is 1. The zero-order chi connectivity index (χ0) is 20.3. The summed E-state index contributed by atoms with van der Waals surface area (Å²) in [5, 5.41) is 7.93. The SMILES string of the molecule is CCCCN[C@@H](Cc1c[nH]c2ccccc12)C(=O)NCCCC1CCCCCC1. The highest BCUT2D eigenvalue weighted by Crippen LogP contribution is 2.26. The summed E-state index contributed by atoms with van der Waals surface area (Å²) in [5.74, 6) is 1.02. The minimum atomic E-state index is -0.168. The van der Waals surface area contributed by atoms with Crippen LogP contribution < -0.4 is 10.6 Å². The first kappa shape index (κ1) is 21.9. The average molecular weight is 398 g/mol. The highest BCUT2D eigenvalue weighted by Gasteiger charge is 2.20. The molecule has 1 aromatic carbocycles. The van der Waals surface area contributed by atoms with E-state index in [2.05, 4.69) is 46.9 Å². The zero-order valence-corrected chi connectivity index (χ0v) is 18.1. The number of carbonyl (C=O) groups excluding carboxylic acids is 1. The van der Waals surface area contributed by atoms with Crippen LogP contribution >= 0.6 is 0 Å². The number of aromatic nitrogens is 1. The largest absolute Gasteiger partial charge is 0.361 e. The summed E-state index contributed by atoms with van der Waals surface area (Å²) >= 11 is 0. The fourth-order valence-electron chi connectivity index (χ4n) is 4.61. The molecule has 4 nitrogen and oxygen atoms in total. The Balaban J connectivity index is 1.50. The van der Waals surface area contributed by atoms with Crippen LogP contribution in [0.5, 0.6) is 0 Å². The molecule has 29 heavy (non-hydrogen) atoms. The third-order valence-corrected chi connectivity index (χ3v) is 6.40. The molecular weight excluding hydrogens is 358 g/mol. The number of nitrogens with one attached hydrogen (secondary N) is 3. The number of aromatic amines is 1. The van der Waals surface area contributed by atoms with Gasteiger partial charge in [0.1, 0.15) is 0 Å². The van der Waals surface area contributed by atoms with E-state index in [4.69, 9.17) is 0 Å². The number of unbranched alkanes of at least 4 members (excludes halogenated alkanes) is 1. The van der Waals surface area contributed by atoms with Crippen molar-refractivity contribution >= 4 is 16.8 Å². The highest BCUT2D eigenvalue weighted by molar-refractivity contribution is 5.86. The molecule has 1 amide bonds. The van der Waals surface area contributed by atoms with Gasteiger partial charge in [-0.1, -0.05) is 70.1 Å². The first-order valence-electron chi connectivity index (χ1n) is 11.8. The van der Waals surface area contributed by atoms with Crippen molar-refractivity contribution in [2.45, 2.75) is 83.6 Å². The summed E-state index contributed by atoms with van der Waals surface area (Å²) in [6, 6.07) is 8.16. The molecule has 1 fully saturated rings. The van der Waals surface area contributed by atoms with Crippen LogP contribution in [0.25, 0.3) is 10.9 Å². The molecule has 1 atom stereocenters. The van der Waals surface area contributed by atoms with Crippen LogP contribution in [0.1, 0.15) is 76.7 Å². The van der Waals surface area contributed by atoms with Gasteiger partial charge in [0, 0.05) is 23.6 Å². The summed E-state index contributed by atoms with van der Waals surface area (Å²) in [4.78, 5) is 16.3. The van der Waals surface area contributed by atoms with Crippen molar-refractivity contribution in [2.75, 3.05) is 13.1 Å². The Bertz CT molecular complexity index is 730. The molecule has 0 aliphatic heterocycles. The lowest BCUT2D eigenvalue weighted by Gasteiger charge is -2.19. The van der Waals surface area contributed by atoms with Crippen LogP contribution in [-0.2, 0) is 11.2 Å². The zero-order valence-electron chi connectivity index (χ0n) is 18.1. The van der Waals surface area contributed by atoms with E-state index < -0.39 is 0 Å². The number of hydrogen-bond acceptors (Lipinski definition) is 2. The molecule has 160 valence electrons. The van der Waals surface area contributed by atoms with Crippen molar-refractivity contribution in [1.82, 2.24) is 15.6 Å². The molecule has 3 rings (SSSR count). The first-order chi connectivity index (χ1) is 14.3. The first-order valence-corrected chi connectivity index (χ1v) is 11.8. The standard InChI is InChI=1S/C25H39N3O/c1-2-3-16-26-24(18-21-19-28-23-15-9-8-14-22(21)23)25(29)27-17-10-13-20-11-6-4-5-7-12-20/h8-9,14-15,19-20,24,26,28H,2-7,10-13,16-18H2,1H3,(H,27,29)/t24-/m0/s1. The summed E-state index contributed by atoms with van der Waals surface area (Å²) in [7, 11) is 0. The fourth-order valence-corrected chi connectivity index (χ4v) is 4.61. The maximum atomic E-state index is 12.9. The van der Waals surface area contributed by atoms with Gasteiger partial charge in [0.05, 0.1) is 6.04 Å². The number of rotatable bonds is 11. The van der Waals surface area contributed by atoms with Crippen molar-refractivity contribution in [3.05, 3.63) is 36.0 Å². The van der Waals surface area contributed by atoms with Gasteiger partial charge in [-0.15, -0.1) is 0 Å². The van der Waals surface area contributed by atoms with Crippen LogP contribution in [-0.4, -0.2) is 30.0 Å². The molecule has 1 aromatic heterocycles. The molecule has 1 heterocycles. The van der Waals surface area contributed by atoms with E-state index in [0.29, 0.717) is 0 Å². The van der Waals surface area contributed by atoms with Crippen LogP contribution in [0.4, 0.5) is 0 Å². The van der Waals surface area contributed by atoms with Crippen molar-refractivity contribution in [3.8, 4) is 0 Å². The van der Waals surface area contributed by atoms with E-state index in [1.807, 2.05) is 6.07 Å². The van der Waals surface area contributed by atoms with Crippen LogP contribution in [0.3, 0.4) is 0 Å². The molecular formula is C25H39N3O. The van der Waals surface area contributed by atoms with E-state index >= 15 is 0 Å². The lowest BCUT2D eigenvalue weighted by molar-refractivity contribution is -0.123. The van der Waals surface area contributed by atoms with Gasteiger partial charge in [0.2, 0.25) is 5.91 Å². The van der Waals surface area contributed by atoms with Crippen molar-refractivity contribution < 1.29 is 4.79 Å². The number of H-pyrrole nitrogens is 1. The third-order valence-electron chi connectivity index (χ3n) is 6.40. The topological polar surface area (TPSA) is 56.9 Å². The predicted molar refractivity (Wildman–Crippen MR) is 122 cm³/mol. The lowest BCUT2D eigenvalue weighted by atomic mass is 9.95. The highest BCUT2D eigenvalue weighted by atomic mass is 16.2.